The highest BCUT2D eigenvalue weighted by molar-refractivity contribution is 5.95. The molecule has 1 saturated carbocycles. The van der Waals surface area contributed by atoms with Gasteiger partial charge in [0, 0.05) is 24.2 Å². The molecular weight excluding hydrogens is 364 g/mol. The van der Waals surface area contributed by atoms with Crippen molar-refractivity contribution in [2.24, 2.45) is 5.92 Å². The lowest BCUT2D eigenvalue weighted by atomic mass is 9.86. The maximum atomic E-state index is 12.5. The van der Waals surface area contributed by atoms with Crippen LogP contribution in [0.15, 0.2) is 55.0 Å². The maximum absolute atomic E-state index is 12.5. The molecule has 0 spiro atoms. The third kappa shape index (κ3) is 4.31. The average molecular weight is 390 g/mol. The predicted octanol–water partition coefficient (Wildman–Crippen LogP) is 3.69. The third-order valence-electron chi connectivity index (χ3n) is 5.51. The molecule has 0 bridgehead atoms. The molecule has 150 valence electrons. The minimum absolute atomic E-state index is 0.00541. The van der Waals surface area contributed by atoms with Crippen molar-refractivity contribution in [1.29, 1.82) is 0 Å². The fraction of sp³-hybridized carbons (Fsp3) is 0.348. The van der Waals surface area contributed by atoms with Gasteiger partial charge in [-0.1, -0.05) is 56.3 Å². The first-order valence-electron chi connectivity index (χ1n) is 10.1. The highest BCUT2D eigenvalue weighted by atomic mass is 16.2. The molecule has 0 atom stereocenters. The van der Waals surface area contributed by atoms with Crippen molar-refractivity contribution in [3.63, 3.8) is 0 Å². The van der Waals surface area contributed by atoms with E-state index in [1.54, 1.807) is 6.33 Å². The second kappa shape index (κ2) is 8.07. The number of carbonyl (C=O) groups excluding carboxylic acids is 2. The molecule has 3 aromatic rings. The van der Waals surface area contributed by atoms with E-state index < -0.39 is 0 Å². The summed E-state index contributed by atoms with van der Waals surface area (Å²) >= 11 is 0. The van der Waals surface area contributed by atoms with E-state index in [-0.39, 0.29) is 23.8 Å². The summed E-state index contributed by atoms with van der Waals surface area (Å²) in [5, 5.41) is 8.18. The van der Waals surface area contributed by atoms with Crippen LogP contribution in [-0.4, -0.2) is 27.4 Å². The molecule has 1 aromatic heterocycles. The number of imidazole rings is 1. The zero-order chi connectivity index (χ0) is 20.4. The van der Waals surface area contributed by atoms with E-state index in [9.17, 15) is 9.59 Å². The Kier molecular flexibility index (Phi) is 5.34. The third-order valence-corrected chi connectivity index (χ3v) is 5.51. The van der Waals surface area contributed by atoms with Crippen molar-refractivity contribution in [3.05, 3.63) is 60.6 Å². The number of hydrogen-bond acceptors (Lipinski definition) is 3. The number of hydrogen-bond donors (Lipinski definition) is 2. The number of benzene rings is 2. The molecule has 1 aliphatic rings. The van der Waals surface area contributed by atoms with Gasteiger partial charge in [-0.3, -0.25) is 9.59 Å². The SMILES string of the molecule is CC(C)C(=O)N[C@H]1C[C@@H](n2cnc(NC(=O)Cc3cccc4ccccc34)c2)C1. The van der Waals surface area contributed by atoms with Crippen LogP contribution in [0.4, 0.5) is 5.82 Å². The quantitative estimate of drug-likeness (QED) is 0.674. The van der Waals surface area contributed by atoms with Crippen molar-refractivity contribution in [2.45, 2.75) is 45.2 Å². The number of anilines is 1. The van der Waals surface area contributed by atoms with Crippen LogP contribution < -0.4 is 10.6 Å². The van der Waals surface area contributed by atoms with Gasteiger partial charge in [0.1, 0.15) is 0 Å². The molecule has 1 heterocycles. The van der Waals surface area contributed by atoms with Crippen LogP contribution in [-0.2, 0) is 16.0 Å². The number of rotatable bonds is 6. The van der Waals surface area contributed by atoms with Crippen LogP contribution in [0.5, 0.6) is 0 Å². The lowest BCUT2D eigenvalue weighted by Gasteiger charge is -2.36. The fourth-order valence-corrected chi connectivity index (χ4v) is 3.72. The highest BCUT2D eigenvalue weighted by Gasteiger charge is 2.32. The number of fused-ring (bicyclic) bond motifs is 1. The summed E-state index contributed by atoms with van der Waals surface area (Å²) in [6, 6.07) is 14.6. The van der Waals surface area contributed by atoms with Gasteiger partial charge in [0.05, 0.1) is 12.7 Å². The molecule has 0 saturated heterocycles. The Hall–Kier alpha value is -3.15. The van der Waals surface area contributed by atoms with E-state index in [2.05, 4.69) is 15.6 Å². The first-order valence-corrected chi connectivity index (χ1v) is 10.1. The lowest BCUT2D eigenvalue weighted by Crippen LogP contribution is -2.46. The molecule has 29 heavy (non-hydrogen) atoms. The van der Waals surface area contributed by atoms with Crippen LogP contribution in [0, 0.1) is 5.92 Å². The fourth-order valence-electron chi connectivity index (χ4n) is 3.72. The molecular formula is C23H26N4O2. The first-order chi connectivity index (χ1) is 14.0. The Morgan fingerprint density at radius 2 is 1.90 bits per heavy atom. The molecule has 1 fully saturated rings. The standard InChI is InChI=1S/C23H26N4O2/c1-15(2)23(29)25-18-11-19(12-18)27-13-21(24-14-27)26-22(28)10-17-8-5-7-16-6-3-4-9-20(16)17/h3-9,13-15,18-19H,10-12H2,1-2H3,(H,25,29)(H,26,28)/t18-,19+. The molecule has 6 heteroatoms. The molecule has 0 unspecified atom stereocenters. The summed E-state index contributed by atoms with van der Waals surface area (Å²) in [6.45, 7) is 3.79. The van der Waals surface area contributed by atoms with Gasteiger partial charge >= 0.3 is 0 Å². The van der Waals surface area contributed by atoms with Crippen molar-refractivity contribution in [2.75, 3.05) is 5.32 Å². The lowest BCUT2D eigenvalue weighted by molar-refractivity contribution is -0.125. The summed E-state index contributed by atoms with van der Waals surface area (Å²) in [4.78, 5) is 28.6. The monoisotopic (exact) mass is 390 g/mol. The van der Waals surface area contributed by atoms with Crippen molar-refractivity contribution in [3.8, 4) is 0 Å². The predicted molar refractivity (Wildman–Crippen MR) is 114 cm³/mol. The van der Waals surface area contributed by atoms with Crippen LogP contribution in [0.2, 0.25) is 0 Å². The highest BCUT2D eigenvalue weighted by Crippen LogP contribution is 2.33. The Labute approximate surface area is 170 Å². The molecule has 6 nitrogen and oxygen atoms in total. The van der Waals surface area contributed by atoms with E-state index in [1.165, 1.54) is 0 Å². The number of amides is 2. The van der Waals surface area contributed by atoms with Gasteiger partial charge in [0.15, 0.2) is 5.82 Å². The molecule has 1 aliphatic carbocycles. The summed E-state index contributed by atoms with van der Waals surface area (Å²) in [6.07, 6.45) is 5.70. The molecule has 2 N–H and O–H groups in total. The summed E-state index contributed by atoms with van der Waals surface area (Å²) in [5.41, 5.74) is 1.00. The zero-order valence-electron chi connectivity index (χ0n) is 16.8. The largest absolute Gasteiger partial charge is 0.353 e. The number of carbonyl (C=O) groups is 2. The van der Waals surface area contributed by atoms with Crippen molar-refractivity contribution < 1.29 is 9.59 Å². The molecule has 2 amide bonds. The van der Waals surface area contributed by atoms with Crippen LogP contribution >= 0.6 is 0 Å². The summed E-state index contributed by atoms with van der Waals surface area (Å²) in [7, 11) is 0. The van der Waals surface area contributed by atoms with E-state index in [4.69, 9.17) is 0 Å². The van der Waals surface area contributed by atoms with Crippen molar-refractivity contribution in [1.82, 2.24) is 14.9 Å². The topological polar surface area (TPSA) is 76.0 Å². The summed E-state index contributed by atoms with van der Waals surface area (Å²) < 4.78 is 2.02. The van der Waals surface area contributed by atoms with E-state index in [0.717, 1.165) is 29.2 Å². The molecule has 2 aromatic carbocycles. The smallest absolute Gasteiger partial charge is 0.230 e. The molecule has 0 radical (unpaired) electrons. The first kappa shape index (κ1) is 19.2. The van der Waals surface area contributed by atoms with Crippen LogP contribution in [0.25, 0.3) is 10.8 Å². The Morgan fingerprint density at radius 1 is 1.14 bits per heavy atom. The number of aromatic nitrogens is 2. The molecule has 4 rings (SSSR count). The minimum atomic E-state index is -0.0812. The Bertz CT molecular complexity index is 1030. The van der Waals surface area contributed by atoms with Gasteiger partial charge in [-0.2, -0.15) is 0 Å². The van der Waals surface area contributed by atoms with Gasteiger partial charge in [-0.05, 0) is 29.2 Å². The normalized spacial score (nSPS) is 18.4. The van der Waals surface area contributed by atoms with Crippen molar-refractivity contribution >= 4 is 28.4 Å². The minimum Gasteiger partial charge on any atom is -0.353 e. The summed E-state index contributed by atoms with van der Waals surface area (Å²) in [5.74, 6) is 0.582. The van der Waals surface area contributed by atoms with Crippen LogP contribution in [0.3, 0.4) is 0 Å². The average Bonchev–Trinajstić information content (AvgIpc) is 3.12. The van der Waals surface area contributed by atoms with Gasteiger partial charge in [0.2, 0.25) is 11.8 Å². The Balaban J connectivity index is 1.33. The molecule has 0 aliphatic heterocycles. The number of nitrogens with zero attached hydrogens (tertiary/aromatic N) is 2. The second-order valence-electron chi connectivity index (χ2n) is 8.05. The number of nitrogens with one attached hydrogen (secondary N) is 2. The second-order valence-corrected chi connectivity index (χ2v) is 8.05. The van der Waals surface area contributed by atoms with E-state index >= 15 is 0 Å². The maximum Gasteiger partial charge on any atom is 0.230 e. The Morgan fingerprint density at radius 3 is 2.69 bits per heavy atom. The van der Waals surface area contributed by atoms with Crippen LogP contribution in [0.1, 0.15) is 38.3 Å². The zero-order valence-corrected chi connectivity index (χ0v) is 16.8. The van der Waals surface area contributed by atoms with Gasteiger partial charge < -0.3 is 15.2 Å². The van der Waals surface area contributed by atoms with Gasteiger partial charge in [-0.15, -0.1) is 0 Å². The van der Waals surface area contributed by atoms with Gasteiger partial charge in [-0.25, -0.2) is 4.98 Å². The van der Waals surface area contributed by atoms with Gasteiger partial charge in [0.25, 0.3) is 0 Å². The van der Waals surface area contributed by atoms with E-state index in [1.807, 2.05) is 67.1 Å². The van der Waals surface area contributed by atoms with E-state index in [0.29, 0.717) is 18.3 Å².